The zero-order valence-corrected chi connectivity index (χ0v) is 17.0. The number of aromatic nitrogens is 2. The number of benzene rings is 2. The second-order valence-corrected chi connectivity index (χ2v) is 7.50. The largest absolute Gasteiger partial charge is 0.356 e. The van der Waals surface area contributed by atoms with Crippen molar-refractivity contribution in [3.05, 3.63) is 83.9 Å². The van der Waals surface area contributed by atoms with E-state index in [1.54, 1.807) is 18.6 Å². The Morgan fingerprint density at radius 1 is 1.03 bits per heavy atom. The van der Waals surface area contributed by atoms with Crippen LogP contribution in [0.3, 0.4) is 0 Å². The smallest absolute Gasteiger partial charge is 0.162 e. The van der Waals surface area contributed by atoms with Gasteiger partial charge in [0.2, 0.25) is 0 Å². The summed E-state index contributed by atoms with van der Waals surface area (Å²) >= 11 is 0. The molecule has 29 heavy (non-hydrogen) atoms. The van der Waals surface area contributed by atoms with Crippen LogP contribution in [0.1, 0.15) is 54.7 Å². The summed E-state index contributed by atoms with van der Waals surface area (Å²) in [6.45, 7) is 4.37. The molecule has 0 amide bonds. The van der Waals surface area contributed by atoms with Gasteiger partial charge in [-0.25, -0.2) is 0 Å². The number of nitrogens with zero attached hydrogens (tertiary/aromatic N) is 2. The lowest BCUT2D eigenvalue weighted by molar-refractivity contribution is 0.0978. The van der Waals surface area contributed by atoms with Gasteiger partial charge >= 0.3 is 0 Å². The van der Waals surface area contributed by atoms with Crippen LogP contribution in [0.5, 0.6) is 0 Å². The van der Waals surface area contributed by atoms with Gasteiger partial charge in [0.05, 0.1) is 11.9 Å². The first-order chi connectivity index (χ1) is 14.1. The Morgan fingerprint density at radius 2 is 1.86 bits per heavy atom. The summed E-state index contributed by atoms with van der Waals surface area (Å²) in [5.41, 5.74) is 4.57. The van der Waals surface area contributed by atoms with Crippen molar-refractivity contribution >= 4 is 29.3 Å². The number of Topliss-reactive ketones (excluding diaryl/α,β-unsaturated/α-hetero) is 1. The van der Waals surface area contributed by atoms with Gasteiger partial charge in [-0.3, -0.25) is 14.8 Å². The fourth-order valence-electron chi connectivity index (χ4n) is 3.01. The topological polar surface area (TPSA) is 54.9 Å². The van der Waals surface area contributed by atoms with Gasteiger partial charge in [-0.1, -0.05) is 50.6 Å². The van der Waals surface area contributed by atoms with E-state index in [4.69, 9.17) is 0 Å². The number of anilines is 2. The first-order valence-corrected chi connectivity index (χ1v) is 10.0. The van der Waals surface area contributed by atoms with Crippen LogP contribution in [-0.4, -0.2) is 15.8 Å². The number of hydrogen-bond acceptors (Lipinski definition) is 4. The van der Waals surface area contributed by atoms with Crippen LogP contribution in [0, 0.1) is 5.92 Å². The molecule has 3 aromatic rings. The van der Waals surface area contributed by atoms with Crippen molar-refractivity contribution < 1.29 is 4.79 Å². The summed E-state index contributed by atoms with van der Waals surface area (Å²) in [6, 6.07) is 15.8. The van der Waals surface area contributed by atoms with Gasteiger partial charge in [0, 0.05) is 35.8 Å². The molecule has 4 heteroatoms. The Labute approximate surface area is 172 Å². The molecule has 0 aliphatic carbocycles. The molecular formula is C25H27N3O. The van der Waals surface area contributed by atoms with E-state index in [9.17, 15) is 4.79 Å². The summed E-state index contributed by atoms with van der Waals surface area (Å²) in [6.07, 6.45) is 11.6. The molecule has 1 N–H and O–H groups in total. The van der Waals surface area contributed by atoms with E-state index in [1.807, 2.05) is 60.7 Å². The second-order valence-electron chi connectivity index (χ2n) is 7.50. The number of hydrogen-bond donors (Lipinski definition) is 1. The van der Waals surface area contributed by atoms with Crippen molar-refractivity contribution in [2.24, 2.45) is 5.92 Å². The van der Waals surface area contributed by atoms with E-state index >= 15 is 0 Å². The van der Waals surface area contributed by atoms with Crippen molar-refractivity contribution in [3.63, 3.8) is 0 Å². The predicted molar refractivity (Wildman–Crippen MR) is 120 cm³/mol. The van der Waals surface area contributed by atoms with Crippen LogP contribution in [0.4, 0.5) is 11.4 Å². The lowest BCUT2D eigenvalue weighted by Gasteiger charge is -2.09. The first kappa shape index (κ1) is 20.5. The highest BCUT2D eigenvalue weighted by molar-refractivity contribution is 5.97. The molecule has 0 aliphatic heterocycles. The predicted octanol–water partition coefficient (Wildman–Crippen LogP) is 6.40. The minimum atomic E-state index is 0.207. The minimum Gasteiger partial charge on any atom is -0.356 e. The van der Waals surface area contributed by atoms with Gasteiger partial charge in [0.15, 0.2) is 5.78 Å². The normalized spacial score (nSPS) is 11.1. The molecule has 3 rings (SSSR count). The lowest BCUT2D eigenvalue weighted by atomic mass is 10.0. The third kappa shape index (κ3) is 6.68. The van der Waals surface area contributed by atoms with Crippen LogP contribution in [-0.2, 0) is 0 Å². The summed E-state index contributed by atoms with van der Waals surface area (Å²) < 4.78 is 0. The first-order valence-electron chi connectivity index (χ1n) is 10.0. The highest BCUT2D eigenvalue weighted by atomic mass is 16.1. The average molecular weight is 386 g/mol. The van der Waals surface area contributed by atoms with Crippen molar-refractivity contribution in [2.45, 2.75) is 33.1 Å². The molecule has 0 saturated heterocycles. The highest BCUT2D eigenvalue weighted by Gasteiger charge is 2.07. The van der Waals surface area contributed by atoms with E-state index in [0.29, 0.717) is 12.3 Å². The Morgan fingerprint density at radius 3 is 2.59 bits per heavy atom. The van der Waals surface area contributed by atoms with E-state index in [2.05, 4.69) is 29.1 Å². The minimum absolute atomic E-state index is 0.207. The highest BCUT2D eigenvalue weighted by Crippen LogP contribution is 2.20. The zero-order valence-electron chi connectivity index (χ0n) is 17.0. The van der Waals surface area contributed by atoms with Crippen LogP contribution in [0.15, 0.2) is 67.1 Å². The fraction of sp³-hybridized carbons (Fsp3) is 0.240. The number of nitrogens with one attached hydrogen (secondary N) is 1. The van der Waals surface area contributed by atoms with Gasteiger partial charge in [-0.15, -0.1) is 0 Å². The molecule has 148 valence electrons. The lowest BCUT2D eigenvalue weighted by Crippen LogP contribution is -2.01. The molecule has 0 unspecified atom stereocenters. The number of carbonyl (C=O) groups excluding carboxylic acids is 1. The van der Waals surface area contributed by atoms with Crippen LogP contribution in [0.25, 0.3) is 12.2 Å². The number of ketones is 1. The van der Waals surface area contributed by atoms with E-state index < -0.39 is 0 Å². The van der Waals surface area contributed by atoms with Crippen molar-refractivity contribution in [2.75, 3.05) is 5.32 Å². The van der Waals surface area contributed by atoms with Gasteiger partial charge in [0.1, 0.15) is 0 Å². The Bertz CT molecular complexity index is 947. The van der Waals surface area contributed by atoms with Gasteiger partial charge in [-0.05, 0) is 48.2 Å². The maximum Gasteiger partial charge on any atom is 0.162 e. The second kappa shape index (κ2) is 10.3. The summed E-state index contributed by atoms with van der Waals surface area (Å²) in [4.78, 5) is 20.7. The maximum atomic E-state index is 12.4. The van der Waals surface area contributed by atoms with Crippen molar-refractivity contribution in [3.8, 4) is 0 Å². The molecule has 0 fully saturated rings. The van der Waals surface area contributed by atoms with E-state index in [-0.39, 0.29) is 5.78 Å². The fourth-order valence-corrected chi connectivity index (χ4v) is 3.01. The molecule has 0 aliphatic rings. The molecule has 0 atom stereocenters. The third-order valence-corrected chi connectivity index (χ3v) is 4.60. The molecule has 4 nitrogen and oxygen atoms in total. The summed E-state index contributed by atoms with van der Waals surface area (Å²) in [7, 11) is 0. The quantitative estimate of drug-likeness (QED) is 0.433. The summed E-state index contributed by atoms with van der Waals surface area (Å²) in [5.74, 6) is 0.841. The standard InChI is InChI=1S/C25H27N3O/c1-19(2)5-3-8-25(29)21-6-4-7-23(17-21)28-22-12-9-20(10-13-22)11-14-24-18-26-15-16-27-24/h4,6-7,9-19,28H,3,5,8H2,1-2H3/b14-11+. The maximum absolute atomic E-state index is 12.4. The molecular weight excluding hydrogens is 358 g/mol. The number of rotatable bonds is 9. The zero-order chi connectivity index (χ0) is 20.5. The molecule has 0 bridgehead atoms. The molecule has 1 aromatic heterocycles. The van der Waals surface area contributed by atoms with Crippen molar-refractivity contribution in [1.29, 1.82) is 0 Å². The van der Waals surface area contributed by atoms with Crippen LogP contribution in [0.2, 0.25) is 0 Å². The molecule has 0 spiro atoms. The SMILES string of the molecule is CC(C)CCCC(=O)c1cccc(Nc2ccc(/C=C/c3cnccn3)cc2)c1. The van der Waals surface area contributed by atoms with E-state index in [1.165, 1.54) is 0 Å². The molecule has 1 heterocycles. The summed E-state index contributed by atoms with van der Waals surface area (Å²) in [5, 5.41) is 3.38. The Hall–Kier alpha value is -3.27. The van der Waals surface area contributed by atoms with E-state index in [0.717, 1.165) is 41.0 Å². The van der Waals surface area contributed by atoms with Crippen molar-refractivity contribution in [1.82, 2.24) is 9.97 Å². The Kier molecular flexibility index (Phi) is 7.28. The molecule has 0 saturated carbocycles. The Balaban J connectivity index is 1.60. The third-order valence-electron chi connectivity index (χ3n) is 4.60. The average Bonchev–Trinajstić information content (AvgIpc) is 2.74. The van der Waals surface area contributed by atoms with Crippen LogP contribution < -0.4 is 5.32 Å². The number of carbonyl (C=O) groups is 1. The molecule has 2 aromatic carbocycles. The van der Waals surface area contributed by atoms with Gasteiger partial charge in [0.25, 0.3) is 0 Å². The van der Waals surface area contributed by atoms with Gasteiger partial charge < -0.3 is 5.32 Å². The van der Waals surface area contributed by atoms with Crippen LogP contribution >= 0.6 is 0 Å². The van der Waals surface area contributed by atoms with Gasteiger partial charge in [-0.2, -0.15) is 0 Å². The molecule has 0 radical (unpaired) electrons. The monoisotopic (exact) mass is 385 g/mol.